The highest BCUT2D eigenvalue weighted by Gasteiger charge is 2.19. The summed E-state index contributed by atoms with van der Waals surface area (Å²) >= 11 is 0. The number of benzene rings is 2. The third-order valence-electron chi connectivity index (χ3n) is 5.28. The lowest BCUT2D eigenvalue weighted by molar-refractivity contribution is -0.116. The van der Waals surface area contributed by atoms with Gasteiger partial charge in [0.05, 0.1) is 5.56 Å². The average Bonchev–Trinajstić information content (AvgIpc) is 2.96. The van der Waals surface area contributed by atoms with Crippen molar-refractivity contribution in [3.8, 4) is 11.4 Å². The molecule has 1 amide bonds. The minimum atomic E-state index is -0.375. The molecular formula is C22H26Cl2FN5O. The van der Waals surface area contributed by atoms with Gasteiger partial charge in [-0.2, -0.15) is 0 Å². The van der Waals surface area contributed by atoms with E-state index in [1.807, 2.05) is 28.8 Å². The van der Waals surface area contributed by atoms with Crippen LogP contribution >= 0.6 is 24.8 Å². The van der Waals surface area contributed by atoms with E-state index < -0.39 is 0 Å². The number of hydrogen-bond donors (Lipinski definition) is 2. The Morgan fingerprint density at radius 2 is 1.90 bits per heavy atom. The molecule has 3 aromatic rings. The summed E-state index contributed by atoms with van der Waals surface area (Å²) in [6.45, 7) is 0.784. The predicted molar refractivity (Wildman–Crippen MR) is 125 cm³/mol. The van der Waals surface area contributed by atoms with Crippen LogP contribution in [-0.4, -0.2) is 20.7 Å². The molecule has 0 atom stereocenters. The summed E-state index contributed by atoms with van der Waals surface area (Å²) in [4.78, 5) is 12.4. The Kier molecular flexibility index (Phi) is 8.83. The van der Waals surface area contributed by atoms with Crippen LogP contribution in [0.15, 0.2) is 42.5 Å². The van der Waals surface area contributed by atoms with Crippen molar-refractivity contribution in [2.45, 2.75) is 45.1 Å². The quantitative estimate of drug-likeness (QED) is 0.529. The fourth-order valence-corrected chi connectivity index (χ4v) is 3.69. The molecule has 0 radical (unpaired) electrons. The molecule has 1 aliphatic rings. The van der Waals surface area contributed by atoms with E-state index in [9.17, 15) is 9.18 Å². The van der Waals surface area contributed by atoms with Crippen molar-refractivity contribution in [1.82, 2.24) is 14.8 Å². The molecule has 0 bridgehead atoms. The summed E-state index contributed by atoms with van der Waals surface area (Å²) in [6, 6.07) is 12.1. The number of nitrogen functional groups attached to an aromatic ring is 1. The number of aromatic nitrogens is 3. The topological polar surface area (TPSA) is 85.8 Å². The van der Waals surface area contributed by atoms with E-state index in [2.05, 4.69) is 15.5 Å². The van der Waals surface area contributed by atoms with Crippen LogP contribution in [0.5, 0.6) is 0 Å². The van der Waals surface area contributed by atoms with E-state index in [-0.39, 0.29) is 36.5 Å². The van der Waals surface area contributed by atoms with E-state index >= 15 is 0 Å². The Morgan fingerprint density at radius 3 is 2.71 bits per heavy atom. The monoisotopic (exact) mass is 465 g/mol. The molecule has 2 heterocycles. The molecule has 9 heteroatoms. The summed E-state index contributed by atoms with van der Waals surface area (Å²) in [6.07, 6.45) is 4.92. The molecule has 1 aliphatic heterocycles. The molecule has 6 nitrogen and oxygen atoms in total. The van der Waals surface area contributed by atoms with Crippen LogP contribution in [0.25, 0.3) is 11.4 Å². The fourth-order valence-electron chi connectivity index (χ4n) is 3.69. The van der Waals surface area contributed by atoms with Crippen LogP contribution < -0.4 is 11.1 Å². The normalized spacial score (nSPS) is 12.7. The zero-order valence-corrected chi connectivity index (χ0v) is 18.6. The predicted octanol–water partition coefficient (Wildman–Crippen LogP) is 4.81. The van der Waals surface area contributed by atoms with Crippen LogP contribution in [0.4, 0.5) is 15.8 Å². The molecule has 31 heavy (non-hydrogen) atoms. The fraction of sp³-hybridized carbons (Fsp3) is 0.318. The average molecular weight is 466 g/mol. The summed E-state index contributed by atoms with van der Waals surface area (Å²) in [5, 5.41) is 11.3. The number of halogens is 3. The molecule has 0 saturated carbocycles. The largest absolute Gasteiger partial charge is 0.399 e. The van der Waals surface area contributed by atoms with Gasteiger partial charge < -0.3 is 15.6 Å². The molecule has 0 fully saturated rings. The van der Waals surface area contributed by atoms with Gasteiger partial charge in [-0.3, -0.25) is 4.79 Å². The van der Waals surface area contributed by atoms with Crippen molar-refractivity contribution in [2.75, 3.05) is 11.1 Å². The number of anilines is 2. The minimum absolute atomic E-state index is 0. The molecule has 166 valence electrons. The highest BCUT2D eigenvalue weighted by Crippen LogP contribution is 2.27. The highest BCUT2D eigenvalue weighted by atomic mass is 35.5. The van der Waals surface area contributed by atoms with Crippen molar-refractivity contribution in [2.24, 2.45) is 0 Å². The Labute approximate surface area is 193 Å². The van der Waals surface area contributed by atoms with Crippen molar-refractivity contribution < 1.29 is 9.18 Å². The lowest BCUT2D eigenvalue weighted by Crippen LogP contribution is -2.13. The number of hydrogen-bond acceptors (Lipinski definition) is 4. The number of carbonyl (C=O) groups is 1. The molecule has 1 aromatic heterocycles. The third kappa shape index (κ3) is 5.74. The Hall–Kier alpha value is -2.64. The van der Waals surface area contributed by atoms with Gasteiger partial charge in [0.25, 0.3) is 0 Å². The number of amides is 1. The van der Waals surface area contributed by atoms with Crippen molar-refractivity contribution in [3.05, 3.63) is 59.7 Å². The number of nitrogens with zero attached hydrogens (tertiary/aromatic N) is 3. The molecular weight excluding hydrogens is 440 g/mol. The van der Waals surface area contributed by atoms with Gasteiger partial charge in [-0.25, -0.2) is 4.39 Å². The zero-order valence-electron chi connectivity index (χ0n) is 17.0. The second kappa shape index (κ2) is 11.1. The number of nitrogens with two attached hydrogens (primary N) is 1. The first-order valence-corrected chi connectivity index (χ1v) is 9.97. The second-order valence-corrected chi connectivity index (χ2v) is 7.34. The van der Waals surface area contributed by atoms with Crippen LogP contribution in [0, 0.1) is 5.82 Å². The first kappa shape index (κ1) is 24.6. The van der Waals surface area contributed by atoms with Crippen LogP contribution in [-0.2, 0) is 24.2 Å². The van der Waals surface area contributed by atoms with Gasteiger partial charge in [0.15, 0.2) is 5.82 Å². The van der Waals surface area contributed by atoms with Gasteiger partial charge in [0.2, 0.25) is 5.91 Å². The standard InChI is InChI=1S/C22H24FN5O.2ClH/c23-18-11-10-16(25-21(29)12-9-15-6-3-4-7-19(15)24)14-17(18)22-27-26-20-8-2-1-5-13-28(20)22;;/h3-4,6-7,10-11,14H,1-2,5,8-9,12-13,24H2,(H,25,29);2*1H. The third-order valence-corrected chi connectivity index (χ3v) is 5.28. The van der Waals surface area contributed by atoms with Gasteiger partial charge in [-0.05, 0) is 49.1 Å². The minimum Gasteiger partial charge on any atom is -0.399 e. The number of fused-ring (bicyclic) bond motifs is 1. The molecule has 0 aliphatic carbocycles. The summed E-state index contributed by atoms with van der Waals surface area (Å²) in [5.41, 5.74) is 8.44. The van der Waals surface area contributed by atoms with E-state index in [1.54, 1.807) is 12.1 Å². The molecule has 2 aromatic carbocycles. The maximum atomic E-state index is 14.5. The van der Waals surface area contributed by atoms with Gasteiger partial charge in [0, 0.05) is 30.8 Å². The van der Waals surface area contributed by atoms with E-state index in [0.29, 0.717) is 35.6 Å². The van der Waals surface area contributed by atoms with Crippen molar-refractivity contribution >= 4 is 42.1 Å². The van der Waals surface area contributed by atoms with Gasteiger partial charge in [0.1, 0.15) is 11.6 Å². The van der Waals surface area contributed by atoms with Gasteiger partial charge in [-0.1, -0.05) is 24.6 Å². The SMILES string of the molecule is Cl.Cl.Nc1ccccc1CCC(=O)Nc1ccc(F)c(-c2nnc3n2CCCCC3)c1. The van der Waals surface area contributed by atoms with Crippen LogP contribution in [0.1, 0.15) is 37.1 Å². The Balaban J connectivity index is 0.00000171. The Morgan fingerprint density at radius 1 is 1.10 bits per heavy atom. The second-order valence-electron chi connectivity index (χ2n) is 7.34. The first-order valence-electron chi connectivity index (χ1n) is 9.97. The van der Waals surface area contributed by atoms with Crippen LogP contribution in [0.3, 0.4) is 0 Å². The van der Waals surface area contributed by atoms with Crippen molar-refractivity contribution in [1.29, 1.82) is 0 Å². The van der Waals surface area contributed by atoms with Gasteiger partial charge >= 0.3 is 0 Å². The first-order chi connectivity index (χ1) is 14.1. The zero-order chi connectivity index (χ0) is 20.2. The summed E-state index contributed by atoms with van der Waals surface area (Å²) < 4.78 is 16.5. The van der Waals surface area contributed by atoms with Gasteiger partial charge in [-0.15, -0.1) is 35.0 Å². The number of nitrogens with one attached hydrogen (secondary N) is 1. The number of aryl methyl sites for hydroxylation is 2. The van der Waals surface area contributed by atoms with E-state index in [0.717, 1.165) is 43.6 Å². The number of para-hydroxylation sites is 1. The smallest absolute Gasteiger partial charge is 0.224 e. The van der Waals surface area contributed by atoms with Crippen molar-refractivity contribution in [3.63, 3.8) is 0 Å². The van der Waals surface area contributed by atoms with E-state index in [1.165, 1.54) is 6.07 Å². The maximum absolute atomic E-state index is 14.5. The molecule has 0 spiro atoms. The number of carbonyl (C=O) groups excluding carboxylic acids is 1. The summed E-state index contributed by atoms with van der Waals surface area (Å²) in [5.74, 6) is 0.893. The lowest BCUT2D eigenvalue weighted by Gasteiger charge is -2.11. The molecule has 4 rings (SSSR count). The Bertz CT molecular complexity index is 1040. The maximum Gasteiger partial charge on any atom is 0.224 e. The van der Waals surface area contributed by atoms with Crippen LogP contribution in [0.2, 0.25) is 0 Å². The molecule has 0 unspecified atom stereocenters. The number of rotatable bonds is 5. The highest BCUT2D eigenvalue weighted by molar-refractivity contribution is 5.91. The molecule has 0 saturated heterocycles. The lowest BCUT2D eigenvalue weighted by atomic mass is 10.1. The van der Waals surface area contributed by atoms with E-state index in [4.69, 9.17) is 5.73 Å². The molecule has 3 N–H and O–H groups in total. The summed E-state index contributed by atoms with van der Waals surface area (Å²) in [7, 11) is 0.